The number of carbonyl (C=O) groups excluding carboxylic acids is 2. The van der Waals surface area contributed by atoms with Gasteiger partial charge in [-0.2, -0.15) is 4.68 Å². The van der Waals surface area contributed by atoms with Crippen LogP contribution < -0.4 is 5.32 Å². The number of nitrogens with one attached hydrogen (secondary N) is 1. The Balaban J connectivity index is 1.48. The third kappa shape index (κ3) is 4.35. The first-order valence-corrected chi connectivity index (χ1v) is 11.9. The summed E-state index contributed by atoms with van der Waals surface area (Å²) >= 11 is 2.72. The Morgan fingerprint density at radius 1 is 1.29 bits per heavy atom. The van der Waals surface area contributed by atoms with E-state index in [0.29, 0.717) is 22.3 Å². The highest BCUT2D eigenvalue weighted by atomic mass is 32.2. The number of nitrogens with zero attached hydrogens (tertiary/aromatic N) is 4. The lowest BCUT2D eigenvalue weighted by molar-refractivity contribution is -0.113. The van der Waals surface area contributed by atoms with Crippen LogP contribution in [0.1, 0.15) is 45.3 Å². The second-order valence-corrected chi connectivity index (χ2v) is 9.26. The van der Waals surface area contributed by atoms with Gasteiger partial charge < -0.3 is 10.1 Å². The number of rotatable bonds is 7. The van der Waals surface area contributed by atoms with Crippen molar-refractivity contribution in [2.45, 2.75) is 45.2 Å². The molecule has 1 amide bonds. The Morgan fingerprint density at radius 2 is 2.13 bits per heavy atom. The fourth-order valence-corrected chi connectivity index (χ4v) is 5.57. The lowest BCUT2D eigenvalue weighted by atomic mass is 10.1. The van der Waals surface area contributed by atoms with Gasteiger partial charge in [0.15, 0.2) is 0 Å². The number of ether oxygens (including phenoxy) is 1. The first-order chi connectivity index (χ1) is 15.0. The summed E-state index contributed by atoms with van der Waals surface area (Å²) in [6, 6.07) is 5.93. The van der Waals surface area contributed by atoms with Crippen LogP contribution in [0.2, 0.25) is 0 Å². The Kier molecular flexibility index (Phi) is 6.38. The molecule has 31 heavy (non-hydrogen) atoms. The van der Waals surface area contributed by atoms with Gasteiger partial charge in [-0.15, -0.1) is 16.4 Å². The van der Waals surface area contributed by atoms with Gasteiger partial charge in [-0.1, -0.05) is 23.9 Å². The molecule has 0 radical (unpaired) electrons. The number of esters is 1. The van der Waals surface area contributed by atoms with Gasteiger partial charge in [-0.3, -0.25) is 4.79 Å². The number of carbonyl (C=O) groups is 2. The minimum absolute atomic E-state index is 0.121. The molecule has 1 aliphatic rings. The van der Waals surface area contributed by atoms with Gasteiger partial charge in [0.25, 0.3) is 0 Å². The smallest absolute Gasteiger partial charge is 0.341 e. The third-order valence-corrected chi connectivity index (χ3v) is 7.36. The van der Waals surface area contributed by atoms with Crippen LogP contribution in [0.25, 0.3) is 5.69 Å². The van der Waals surface area contributed by atoms with Gasteiger partial charge in [0.2, 0.25) is 11.1 Å². The van der Waals surface area contributed by atoms with Crippen LogP contribution in [0.4, 0.5) is 5.00 Å². The monoisotopic (exact) mass is 457 g/mol. The summed E-state index contributed by atoms with van der Waals surface area (Å²) in [6.45, 7) is 6.12. The number of anilines is 1. The number of amides is 1. The quantitative estimate of drug-likeness (QED) is 0.426. The maximum absolute atomic E-state index is 12.7. The van der Waals surface area contributed by atoms with Gasteiger partial charge in [-0.05, 0) is 73.2 Å². The number of aryl methyl sites for hydroxylation is 2. The van der Waals surface area contributed by atoms with Crippen LogP contribution in [0, 0.1) is 13.8 Å². The largest absolute Gasteiger partial charge is 0.462 e. The second kappa shape index (κ2) is 9.19. The van der Waals surface area contributed by atoms with Crippen molar-refractivity contribution in [3.63, 3.8) is 0 Å². The summed E-state index contributed by atoms with van der Waals surface area (Å²) in [7, 11) is 0. The highest BCUT2D eigenvalue weighted by Gasteiger charge is 2.28. The number of thiophene rings is 1. The van der Waals surface area contributed by atoms with E-state index in [1.54, 1.807) is 11.6 Å². The summed E-state index contributed by atoms with van der Waals surface area (Å²) in [5, 5.41) is 15.9. The number of hydrogen-bond acceptors (Lipinski definition) is 8. The Bertz CT molecular complexity index is 1140. The van der Waals surface area contributed by atoms with Crippen molar-refractivity contribution in [1.29, 1.82) is 0 Å². The molecule has 8 nitrogen and oxygen atoms in total. The van der Waals surface area contributed by atoms with E-state index >= 15 is 0 Å². The average Bonchev–Trinajstić information content (AvgIpc) is 3.44. The molecule has 2 heterocycles. The molecule has 0 aliphatic heterocycles. The first kappa shape index (κ1) is 21.5. The van der Waals surface area contributed by atoms with Crippen LogP contribution in [-0.4, -0.2) is 44.4 Å². The van der Waals surface area contributed by atoms with Crippen molar-refractivity contribution in [2.24, 2.45) is 0 Å². The number of tetrazole rings is 1. The van der Waals surface area contributed by atoms with Crippen LogP contribution in [-0.2, 0) is 22.4 Å². The van der Waals surface area contributed by atoms with Crippen LogP contribution in [0.15, 0.2) is 23.4 Å². The normalized spacial score (nSPS) is 12.6. The Labute approximate surface area is 188 Å². The van der Waals surface area contributed by atoms with E-state index in [4.69, 9.17) is 4.74 Å². The molecule has 10 heteroatoms. The molecule has 0 saturated carbocycles. The number of benzene rings is 1. The molecule has 162 valence electrons. The van der Waals surface area contributed by atoms with E-state index in [-0.39, 0.29) is 17.6 Å². The van der Waals surface area contributed by atoms with E-state index in [1.807, 2.05) is 32.0 Å². The molecule has 4 rings (SSSR count). The molecule has 0 spiro atoms. The zero-order valence-electron chi connectivity index (χ0n) is 17.6. The van der Waals surface area contributed by atoms with Crippen LogP contribution in [0.5, 0.6) is 0 Å². The Morgan fingerprint density at radius 3 is 2.94 bits per heavy atom. The molecule has 1 N–H and O–H groups in total. The summed E-state index contributed by atoms with van der Waals surface area (Å²) in [5.74, 6) is -0.467. The number of aromatic nitrogens is 4. The van der Waals surface area contributed by atoms with E-state index in [1.165, 1.54) is 23.1 Å². The van der Waals surface area contributed by atoms with Crippen LogP contribution in [0.3, 0.4) is 0 Å². The topological polar surface area (TPSA) is 99.0 Å². The molecule has 1 aromatic carbocycles. The molecular weight excluding hydrogens is 434 g/mol. The minimum Gasteiger partial charge on any atom is -0.462 e. The molecule has 3 aromatic rings. The maximum Gasteiger partial charge on any atom is 0.341 e. The third-order valence-electron chi connectivity index (χ3n) is 5.23. The van der Waals surface area contributed by atoms with Crippen molar-refractivity contribution in [1.82, 2.24) is 20.2 Å². The minimum atomic E-state index is -0.372. The number of fused-ring (bicyclic) bond motifs is 1. The lowest BCUT2D eigenvalue weighted by Gasteiger charge is -2.10. The number of thioether (sulfide) groups is 1. The van der Waals surface area contributed by atoms with Gasteiger partial charge in [0.1, 0.15) is 5.00 Å². The lowest BCUT2D eigenvalue weighted by Crippen LogP contribution is -2.17. The van der Waals surface area contributed by atoms with Gasteiger partial charge in [0, 0.05) is 4.88 Å². The van der Waals surface area contributed by atoms with Crippen molar-refractivity contribution in [3.05, 3.63) is 45.3 Å². The zero-order valence-corrected chi connectivity index (χ0v) is 19.2. The highest BCUT2D eigenvalue weighted by molar-refractivity contribution is 7.99. The van der Waals surface area contributed by atoms with E-state index in [2.05, 4.69) is 20.8 Å². The van der Waals surface area contributed by atoms with Crippen molar-refractivity contribution < 1.29 is 14.3 Å². The van der Waals surface area contributed by atoms with Gasteiger partial charge >= 0.3 is 5.97 Å². The number of hydrogen-bond donors (Lipinski definition) is 1. The second-order valence-electron chi connectivity index (χ2n) is 7.21. The molecule has 2 aromatic heterocycles. The summed E-state index contributed by atoms with van der Waals surface area (Å²) in [6.07, 6.45) is 2.80. The van der Waals surface area contributed by atoms with E-state index in [0.717, 1.165) is 46.5 Å². The molecule has 0 fully saturated rings. The predicted molar refractivity (Wildman–Crippen MR) is 120 cm³/mol. The summed E-state index contributed by atoms with van der Waals surface area (Å²) in [5.41, 5.74) is 4.63. The fraction of sp³-hybridized carbons (Fsp3) is 0.381. The highest BCUT2D eigenvalue weighted by Crippen LogP contribution is 2.39. The van der Waals surface area contributed by atoms with Gasteiger partial charge in [-0.25, -0.2) is 4.79 Å². The summed E-state index contributed by atoms with van der Waals surface area (Å²) < 4.78 is 6.86. The van der Waals surface area contributed by atoms with E-state index < -0.39 is 0 Å². The van der Waals surface area contributed by atoms with Crippen molar-refractivity contribution >= 4 is 40.0 Å². The molecule has 0 unspecified atom stereocenters. The standard InChI is InChI=1S/C21H23N5O3S2/c1-4-29-20(28)18-14-8-6-10-16(14)31-19(18)22-17(27)11-30-21-23-24-25-26(21)15-9-5-7-12(2)13(15)3/h5,7,9H,4,6,8,10-11H2,1-3H3,(H,22,27). The van der Waals surface area contributed by atoms with Crippen molar-refractivity contribution in [3.8, 4) is 5.69 Å². The average molecular weight is 458 g/mol. The first-order valence-electron chi connectivity index (χ1n) is 10.1. The molecule has 0 atom stereocenters. The van der Waals surface area contributed by atoms with Crippen molar-refractivity contribution in [2.75, 3.05) is 17.7 Å². The SMILES string of the molecule is CCOC(=O)c1c(NC(=O)CSc2nnnn2-c2cccc(C)c2C)sc2c1CCC2. The van der Waals surface area contributed by atoms with Gasteiger partial charge in [0.05, 0.1) is 23.6 Å². The fourth-order valence-electron chi connectivity index (χ4n) is 3.59. The van der Waals surface area contributed by atoms with E-state index in [9.17, 15) is 9.59 Å². The maximum atomic E-state index is 12.7. The molecular formula is C21H23N5O3S2. The Hall–Kier alpha value is -2.72. The molecule has 1 aliphatic carbocycles. The zero-order chi connectivity index (χ0) is 22.0. The summed E-state index contributed by atoms with van der Waals surface area (Å²) in [4.78, 5) is 26.3. The molecule has 0 saturated heterocycles. The molecule has 0 bridgehead atoms. The predicted octanol–water partition coefficient (Wildman–Crippen LogP) is 3.74. The van der Waals surface area contributed by atoms with Crippen LogP contribution >= 0.6 is 23.1 Å².